The van der Waals surface area contributed by atoms with Crippen molar-refractivity contribution in [1.29, 1.82) is 0 Å². The summed E-state index contributed by atoms with van der Waals surface area (Å²) in [4.78, 5) is 14.1. The van der Waals surface area contributed by atoms with E-state index in [4.69, 9.17) is 4.74 Å². The number of esters is 1. The fraction of sp³-hybridized carbons (Fsp3) is 0.950. The van der Waals surface area contributed by atoms with Crippen molar-refractivity contribution < 1.29 is 9.53 Å². The van der Waals surface area contributed by atoms with Gasteiger partial charge in [-0.05, 0) is 52.7 Å². The molecule has 0 aliphatic carbocycles. The highest BCUT2D eigenvalue weighted by Crippen LogP contribution is 2.16. The maximum atomic E-state index is 12.0. The maximum absolute atomic E-state index is 12.0. The summed E-state index contributed by atoms with van der Waals surface area (Å²) in [7, 11) is 4.08. The Morgan fingerprint density at radius 1 is 0.826 bits per heavy atom. The van der Waals surface area contributed by atoms with Crippen molar-refractivity contribution in [3.8, 4) is 0 Å². The van der Waals surface area contributed by atoms with Crippen LogP contribution in [0.2, 0.25) is 0 Å². The monoisotopic (exact) mass is 327 g/mol. The van der Waals surface area contributed by atoms with Gasteiger partial charge in [-0.25, -0.2) is 0 Å². The SMILES string of the molecule is CCCCCCCC(CCCCCC)OC(=O)CCCN(C)C. The first-order valence-corrected chi connectivity index (χ1v) is 9.94. The van der Waals surface area contributed by atoms with Crippen molar-refractivity contribution in [2.75, 3.05) is 20.6 Å². The summed E-state index contributed by atoms with van der Waals surface area (Å²) in [5.41, 5.74) is 0. The van der Waals surface area contributed by atoms with Gasteiger partial charge in [0.05, 0.1) is 0 Å². The quantitative estimate of drug-likeness (QED) is 0.274. The average molecular weight is 328 g/mol. The summed E-state index contributed by atoms with van der Waals surface area (Å²) in [6.45, 7) is 5.43. The number of ether oxygens (including phenoxy) is 1. The summed E-state index contributed by atoms with van der Waals surface area (Å²) in [5.74, 6) is 0.000833. The third kappa shape index (κ3) is 16.1. The van der Waals surface area contributed by atoms with E-state index in [9.17, 15) is 4.79 Å². The predicted molar refractivity (Wildman–Crippen MR) is 99.8 cm³/mol. The molecule has 3 nitrogen and oxygen atoms in total. The first-order chi connectivity index (χ1) is 11.1. The van der Waals surface area contributed by atoms with E-state index in [0.717, 1.165) is 25.8 Å². The summed E-state index contributed by atoms with van der Waals surface area (Å²) in [6, 6.07) is 0. The van der Waals surface area contributed by atoms with Gasteiger partial charge in [-0.1, -0.05) is 58.8 Å². The molecule has 0 amide bonds. The zero-order chi connectivity index (χ0) is 17.3. The van der Waals surface area contributed by atoms with Crippen molar-refractivity contribution in [2.24, 2.45) is 0 Å². The van der Waals surface area contributed by atoms with Crippen molar-refractivity contribution in [1.82, 2.24) is 4.90 Å². The maximum Gasteiger partial charge on any atom is 0.306 e. The minimum absolute atomic E-state index is 0.000833. The van der Waals surface area contributed by atoms with Gasteiger partial charge in [0, 0.05) is 6.42 Å². The van der Waals surface area contributed by atoms with Gasteiger partial charge < -0.3 is 9.64 Å². The molecule has 0 heterocycles. The molecule has 0 aromatic rings. The summed E-state index contributed by atoms with van der Waals surface area (Å²) in [6.07, 6.45) is 15.1. The molecule has 1 unspecified atom stereocenters. The lowest BCUT2D eigenvalue weighted by molar-refractivity contribution is -0.150. The Balaban J connectivity index is 4.00. The molecular formula is C20H41NO2. The number of hydrogen-bond donors (Lipinski definition) is 0. The minimum atomic E-state index is 0.000833. The van der Waals surface area contributed by atoms with Crippen LogP contribution in [-0.4, -0.2) is 37.6 Å². The molecule has 0 aliphatic heterocycles. The Kier molecular flexibility index (Phi) is 15.9. The van der Waals surface area contributed by atoms with Crippen LogP contribution in [0.1, 0.15) is 97.3 Å². The molecule has 0 radical (unpaired) electrons. The second-order valence-electron chi connectivity index (χ2n) is 7.07. The number of carbonyl (C=O) groups is 1. The smallest absolute Gasteiger partial charge is 0.306 e. The molecule has 0 aromatic heterocycles. The number of hydrogen-bond acceptors (Lipinski definition) is 3. The van der Waals surface area contributed by atoms with Crippen LogP contribution < -0.4 is 0 Å². The number of carbonyl (C=O) groups excluding carboxylic acids is 1. The van der Waals surface area contributed by atoms with Gasteiger partial charge in [-0.15, -0.1) is 0 Å². The van der Waals surface area contributed by atoms with E-state index in [-0.39, 0.29) is 12.1 Å². The molecule has 0 N–H and O–H groups in total. The molecule has 0 aliphatic rings. The molecule has 0 rings (SSSR count). The lowest BCUT2D eigenvalue weighted by atomic mass is 10.0. The Morgan fingerprint density at radius 3 is 1.87 bits per heavy atom. The van der Waals surface area contributed by atoms with Crippen molar-refractivity contribution in [3.05, 3.63) is 0 Å². The minimum Gasteiger partial charge on any atom is -0.462 e. The topological polar surface area (TPSA) is 29.5 Å². The largest absolute Gasteiger partial charge is 0.462 e. The molecule has 3 heteroatoms. The number of unbranched alkanes of at least 4 members (excludes halogenated alkanes) is 7. The molecular weight excluding hydrogens is 286 g/mol. The summed E-state index contributed by atoms with van der Waals surface area (Å²) in [5, 5.41) is 0. The fourth-order valence-corrected chi connectivity index (χ4v) is 2.82. The summed E-state index contributed by atoms with van der Waals surface area (Å²) >= 11 is 0. The second kappa shape index (κ2) is 16.3. The average Bonchev–Trinajstić information content (AvgIpc) is 2.50. The molecule has 0 spiro atoms. The van der Waals surface area contributed by atoms with Gasteiger partial charge >= 0.3 is 5.97 Å². The Bertz CT molecular complexity index is 266. The first kappa shape index (κ1) is 22.4. The van der Waals surface area contributed by atoms with Crippen molar-refractivity contribution in [3.63, 3.8) is 0 Å². The molecule has 0 aromatic carbocycles. The molecule has 1 atom stereocenters. The van der Waals surface area contributed by atoms with Gasteiger partial charge in [0.25, 0.3) is 0 Å². The van der Waals surface area contributed by atoms with E-state index in [1.54, 1.807) is 0 Å². The summed E-state index contributed by atoms with van der Waals surface area (Å²) < 4.78 is 5.76. The van der Waals surface area contributed by atoms with Crippen LogP contribution in [0.15, 0.2) is 0 Å². The standard InChI is InChI=1S/C20H41NO2/c1-5-7-9-11-13-16-19(15-12-10-8-6-2)23-20(22)17-14-18-21(3)4/h19H,5-18H2,1-4H3. The number of nitrogens with zero attached hydrogens (tertiary/aromatic N) is 1. The first-order valence-electron chi connectivity index (χ1n) is 9.94. The van der Waals surface area contributed by atoms with E-state index in [2.05, 4.69) is 18.7 Å². The Labute approximate surface area is 145 Å². The van der Waals surface area contributed by atoms with Gasteiger partial charge in [0.15, 0.2) is 0 Å². The van der Waals surface area contributed by atoms with E-state index in [1.165, 1.54) is 57.8 Å². The zero-order valence-electron chi connectivity index (χ0n) is 16.2. The Hall–Kier alpha value is -0.570. The van der Waals surface area contributed by atoms with Crippen molar-refractivity contribution >= 4 is 5.97 Å². The molecule has 0 saturated heterocycles. The van der Waals surface area contributed by atoms with Crippen LogP contribution in [0.3, 0.4) is 0 Å². The van der Waals surface area contributed by atoms with Crippen LogP contribution >= 0.6 is 0 Å². The zero-order valence-corrected chi connectivity index (χ0v) is 16.2. The van der Waals surface area contributed by atoms with E-state index in [0.29, 0.717) is 6.42 Å². The molecule has 0 bridgehead atoms. The Morgan fingerprint density at radius 2 is 1.35 bits per heavy atom. The van der Waals surface area contributed by atoms with Gasteiger partial charge in [-0.3, -0.25) is 4.79 Å². The highest BCUT2D eigenvalue weighted by atomic mass is 16.5. The molecule has 0 saturated carbocycles. The predicted octanol–water partition coefficient (Wildman–Crippen LogP) is 5.57. The second-order valence-corrected chi connectivity index (χ2v) is 7.07. The normalized spacial score (nSPS) is 12.6. The van der Waals surface area contributed by atoms with E-state index >= 15 is 0 Å². The van der Waals surface area contributed by atoms with E-state index < -0.39 is 0 Å². The lowest BCUT2D eigenvalue weighted by Crippen LogP contribution is -2.20. The van der Waals surface area contributed by atoms with Crippen LogP contribution in [0.4, 0.5) is 0 Å². The molecule has 0 fully saturated rings. The van der Waals surface area contributed by atoms with Crippen molar-refractivity contribution in [2.45, 2.75) is 103 Å². The van der Waals surface area contributed by atoms with Crippen LogP contribution in [0.5, 0.6) is 0 Å². The third-order valence-corrected chi connectivity index (χ3v) is 4.29. The van der Waals surface area contributed by atoms with Gasteiger partial charge in [0.2, 0.25) is 0 Å². The van der Waals surface area contributed by atoms with Gasteiger partial charge in [-0.2, -0.15) is 0 Å². The fourth-order valence-electron chi connectivity index (χ4n) is 2.82. The third-order valence-electron chi connectivity index (χ3n) is 4.29. The lowest BCUT2D eigenvalue weighted by Gasteiger charge is -2.18. The number of rotatable bonds is 16. The highest BCUT2D eigenvalue weighted by Gasteiger charge is 2.14. The van der Waals surface area contributed by atoms with Crippen LogP contribution in [-0.2, 0) is 9.53 Å². The van der Waals surface area contributed by atoms with E-state index in [1.807, 2.05) is 14.1 Å². The van der Waals surface area contributed by atoms with Crippen LogP contribution in [0.25, 0.3) is 0 Å². The van der Waals surface area contributed by atoms with Gasteiger partial charge in [0.1, 0.15) is 6.10 Å². The highest BCUT2D eigenvalue weighted by molar-refractivity contribution is 5.69. The molecule has 138 valence electrons. The van der Waals surface area contributed by atoms with Crippen LogP contribution in [0, 0.1) is 0 Å². The molecule has 23 heavy (non-hydrogen) atoms.